The molecule has 0 aliphatic carbocycles. The summed E-state index contributed by atoms with van der Waals surface area (Å²) in [6.07, 6.45) is 3.20. The van der Waals surface area contributed by atoms with Crippen LogP contribution in [0.4, 0.5) is 0 Å². The van der Waals surface area contributed by atoms with Crippen LogP contribution in [-0.2, 0) is 4.74 Å². The Balaban J connectivity index is 4.92. The zero-order valence-corrected chi connectivity index (χ0v) is 12.1. The molecule has 1 N–H and O–H groups in total. The average molecular weight is 251 g/mol. The minimum atomic E-state index is -0.454. The van der Waals surface area contributed by atoms with Crippen LogP contribution in [0.1, 0.15) is 53.4 Å². The fraction of sp³-hybridized carbons (Fsp3) is 1.00. The average Bonchev–Trinajstić information content (AvgIpc) is 2.34. The Morgan fingerprint density at radius 2 is 1.69 bits per heavy atom. The standard InChI is InChI=1S/C13H27ClO2/c1-6-12(4,16-5)10-13(7-2,8-3)11(15)9-14/h11,15H,6-10H2,1-5H3. The number of methoxy groups -OCH3 is 1. The molecule has 98 valence electrons. The van der Waals surface area contributed by atoms with Crippen molar-refractivity contribution in [1.29, 1.82) is 0 Å². The zero-order chi connectivity index (χ0) is 12.8. The van der Waals surface area contributed by atoms with Crippen molar-refractivity contribution in [3.8, 4) is 0 Å². The van der Waals surface area contributed by atoms with Crippen molar-refractivity contribution >= 4 is 11.6 Å². The Bertz CT molecular complexity index is 186. The number of aliphatic hydroxyl groups excluding tert-OH is 1. The molecule has 0 saturated carbocycles. The van der Waals surface area contributed by atoms with Gasteiger partial charge in [-0.25, -0.2) is 0 Å². The van der Waals surface area contributed by atoms with E-state index in [1.807, 2.05) is 0 Å². The number of hydrogen-bond acceptors (Lipinski definition) is 2. The fourth-order valence-corrected chi connectivity index (χ4v) is 2.67. The number of halogens is 1. The molecule has 0 fully saturated rings. The van der Waals surface area contributed by atoms with Gasteiger partial charge in [0.1, 0.15) is 0 Å². The fourth-order valence-electron chi connectivity index (χ4n) is 2.34. The summed E-state index contributed by atoms with van der Waals surface area (Å²) in [5, 5.41) is 10.1. The number of ether oxygens (including phenoxy) is 1. The maximum atomic E-state index is 10.1. The van der Waals surface area contributed by atoms with Gasteiger partial charge in [-0.3, -0.25) is 0 Å². The normalized spacial score (nSPS) is 18.2. The highest BCUT2D eigenvalue weighted by molar-refractivity contribution is 6.18. The Morgan fingerprint density at radius 1 is 1.19 bits per heavy atom. The van der Waals surface area contributed by atoms with E-state index in [1.54, 1.807) is 7.11 Å². The monoisotopic (exact) mass is 250 g/mol. The Kier molecular flexibility index (Phi) is 6.92. The Morgan fingerprint density at radius 3 is 1.94 bits per heavy atom. The molecular formula is C13H27ClO2. The van der Waals surface area contributed by atoms with Crippen molar-refractivity contribution in [1.82, 2.24) is 0 Å². The molecule has 2 unspecified atom stereocenters. The van der Waals surface area contributed by atoms with Gasteiger partial charge in [0.15, 0.2) is 0 Å². The van der Waals surface area contributed by atoms with Crippen LogP contribution in [0.25, 0.3) is 0 Å². The summed E-state index contributed by atoms with van der Waals surface area (Å²) in [5.41, 5.74) is -0.290. The van der Waals surface area contributed by atoms with Gasteiger partial charge >= 0.3 is 0 Å². The van der Waals surface area contributed by atoms with Crippen LogP contribution in [0.5, 0.6) is 0 Å². The summed E-state index contributed by atoms with van der Waals surface area (Å²) in [4.78, 5) is 0. The molecule has 0 aromatic carbocycles. The molecule has 0 rings (SSSR count). The van der Waals surface area contributed by atoms with Crippen molar-refractivity contribution in [2.24, 2.45) is 5.41 Å². The first-order chi connectivity index (χ1) is 7.43. The second-order valence-electron chi connectivity index (χ2n) is 4.92. The minimum absolute atomic E-state index is 0.122. The summed E-state index contributed by atoms with van der Waals surface area (Å²) in [6, 6.07) is 0. The lowest BCUT2D eigenvalue weighted by Gasteiger charge is -2.42. The van der Waals surface area contributed by atoms with Crippen LogP contribution in [0, 0.1) is 5.41 Å². The van der Waals surface area contributed by atoms with E-state index in [-0.39, 0.29) is 11.0 Å². The Hall–Kier alpha value is 0.210. The van der Waals surface area contributed by atoms with Crippen molar-refractivity contribution in [3.63, 3.8) is 0 Å². The highest BCUT2D eigenvalue weighted by Gasteiger charge is 2.40. The van der Waals surface area contributed by atoms with Crippen molar-refractivity contribution in [2.45, 2.75) is 65.1 Å². The van der Waals surface area contributed by atoms with Gasteiger partial charge in [-0.2, -0.15) is 0 Å². The van der Waals surface area contributed by atoms with Crippen molar-refractivity contribution < 1.29 is 9.84 Å². The first-order valence-corrected chi connectivity index (χ1v) is 6.76. The topological polar surface area (TPSA) is 29.5 Å². The van der Waals surface area contributed by atoms with E-state index >= 15 is 0 Å². The Labute approximate surface area is 105 Å². The van der Waals surface area contributed by atoms with Crippen LogP contribution in [0.3, 0.4) is 0 Å². The van der Waals surface area contributed by atoms with Gasteiger partial charge in [0.05, 0.1) is 11.7 Å². The van der Waals surface area contributed by atoms with Crippen LogP contribution in [0.15, 0.2) is 0 Å². The van der Waals surface area contributed by atoms with Gasteiger partial charge in [0.25, 0.3) is 0 Å². The third-order valence-electron chi connectivity index (χ3n) is 4.23. The maximum absolute atomic E-state index is 10.1. The van der Waals surface area contributed by atoms with E-state index in [2.05, 4.69) is 27.7 Å². The van der Waals surface area contributed by atoms with E-state index in [1.165, 1.54) is 0 Å². The molecule has 0 saturated heterocycles. The van der Waals surface area contributed by atoms with Gasteiger partial charge in [-0.05, 0) is 38.0 Å². The highest BCUT2D eigenvalue weighted by atomic mass is 35.5. The van der Waals surface area contributed by atoms with E-state index in [0.29, 0.717) is 5.88 Å². The lowest BCUT2D eigenvalue weighted by molar-refractivity contribution is -0.0743. The number of rotatable bonds is 8. The molecule has 0 bridgehead atoms. The van der Waals surface area contributed by atoms with E-state index in [4.69, 9.17) is 16.3 Å². The van der Waals surface area contributed by atoms with Crippen molar-refractivity contribution in [3.05, 3.63) is 0 Å². The van der Waals surface area contributed by atoms with E-state index in [9.17, 15) is 5.11 Å². The number of aliphatic hydroxyl groups is 1. The number of alkyl halides is 1. The molecule has 0 aromatic rings. The van der Waals surface area contributed by atoms with Crippen LogP contribution >= 0.6 is 11.6 Å². The third-order valence-corrected chi connectivity index (χ3v) is 4.52. The lowest BCUT2D eigenvalue weighted by atomic mass is 9.69. The lowest BCUT2D eigenvalue weighted by Crippen LogP contribution is -2.43. The van der Waals surface area contributed by atoms with Gasteiger partial charge in [-0.15, -0.1) is 11.6 Å². The summed E-state index contributed by atoms with van der Waals surface area (Å²) < 4.78 is 5.59. The smallest absolute Gasteiger partial charge is 0.0732 e. The first-order valence-electron chi connectivity index (χ1n) is 6.22. The summed E-state index contributed by atoms with van der Waals surface area (Å²) in [6.45, 7) is 8.46. The maximum Gasteiger partial charge on any atom is 0.0732 e. The predicted molar refractivity (Wildman–Crippen MR) is 70.1 cm³/mol. The van der Waals surface area contributed by atoms with Gasteiger partial charge < -0.3 is 9.84 Å². The molecule has 0 aliphatic heterocycles. The van der Waals surface area contributed by atoms with Crippen molar-refractivity contribution in [2.75, 3.05) is 13.0 Å². The highest BCUT2D eigenvalue weighted by Crippen LogP contribution is 2.41. The molecule has 0 radical (unpaired) electrons. The first kappa shape index (κ1) is 16.2. The van der Waals surface area contributed by atoms with E-state index in [0.717, 1.165) is 25.7 Å². The van der Waals surface area contributed by atoms with E-state index < -0.39 is 6.10 Å². The molecule has 2 nitrogen and oxygen atoms in total. The molecule has 0 spiro atoms. The zero-order valence-electron chi connectivity index (χ0n) is 11.3. The predicted octanol–water partition coefficient (Wildman–Crippen LogP) is 3.60. The molecule has 3 heteroatoms. The van der Waals surface area contributed by atoms with Gasteiger partial charge in [-0.1, -0.05) is 20.8 Å². The minimum Gasteiger partial charge on any atom is -0.391 e. The van der Waals surface area contributed by atoms with Crippen LogP contribution in [0.2, 0.25) is 0 Å². The molecule has 16 heavy (non-hydrogen) atoms. The third kappa shape index (κ3) is 3.61. The number of hydrogen-bond donors (Lipinski definition) is 1. The van der Waals surface area contributed by atoms with Gasteiger partial charge in [0.2, 0.25) is 0 Å². The molecular weight excluding hydrogens is 224 g/mol. The second kappa shape index (κ2) is 6.83. The van der Waals surface area contributed by atoms with Gasteiger partial charge in [0, 0.05) is 13.0 Å². The largest absolute Gasteiger partial charge is 0.391 e. The molecule has 0 heterocycles. The molecule has 0 aliphatic rings. The van der Waals surface area contributed by atoms with Crippen LogP contribution < -0.4 is 0 Å². The molecule has 0 aromatic heterocycles. The summed E-state index contributed by atoms with van der Waals surface area (Å²) in [7, 11) is 1.74. The summed E-state index contributed by atoms with van der Waals surface area (Å²) in [5.74, 6) is 0.297. The molecule has 0 amide bonds. The SMILES string of the molecule is CCC(C)(CC(CC)(CC)C(O)CCl)OC. The summed E-state index contributed by atoms with van der Waals surface area (Å²) >= 11 is 5.82. The molecule has 2 atom stereocenters. The quantitative estimate of drug-likeness (QED) is 0.667. The second-order valence-corrected chi connectivity index (χ2v) is 5.23. The van der Waals surface area contributed by atoms with Crippen LogP contribution in [-0.4, -0.2) is 29.8 Å².